The zero-order valence-electron chi connectivity index (χ0n) is 20.6. The Morgan fingerprint density at radius 3 is 2.26 bits per heavy atom. The quantitative estimate of drug-likeness (QED) is 0.126. The van der Waals surface area contributed by atoms with Crippen molar-refractivity contribution >= 4 is 39.6 Å². The average Bonchev–Trinajstić information content (AvgIpc) is 2.96. The zero-order valence-corrected chi connectivity index (χ0v) is 20.6. The van der Waals surface area contributed by atoms with Crippen molar-refractivity contribution in [2.45, 2.75) is 0 Å². The minimum absolute atomic E-state index is 0.204. The first-order valence-electron chi connectivity index (χ1n) is 11.9. The first-order chi connectivity index (χ1) is 18.6. The van der Waals surface area contributed by atoms with Gasteiger partial charge in [0.2, 0.25) is 0 Å². The van der Waals surface area contributed by atoms with Gasteiger partial charge in [-0.3, -0.25) is 4.79 Å². The van der Waals surface area contributed by atoms with Crippen molar-refractivity contribution in [3.63, 3.8) is 0 Å². The minimum Gasteiger partial charge on any atom is -0.497 e. The lowest BCUT2D eigenvalue weighted by Crippen LogP contribution is -2.24. The van der Waals surface area contributed by atoms with Crippen molar-refractivity contribution < 1.29 is 23.8 Å². The third-order valence-corrected chi connectivity index (χ3v) is 5.93. The Morgan fingerprint density at radius 1 is 0.789 bits per heavy atom. The van der Waals surface area contributed by atoms with Gasteiger partial charge in [-0.2, -0.15) is 5.10 Å². The highest BCUT2D eigenvalue weighted by Crippen LogP contribution is 2.28. The molecule has 0 bridgehead atoms. The van der Waals surface area contributed by atoms with E-state index in [0.29, 0.717) is 28.4 Å². The van der Waals surface area contributed by atoms with Crippen molar-refractivity contribution in [1.82, 2.24) is 5.43 Å². The maximum Gasteiger partial charge on any atom is 0.343 e. The lowest BCUT2D eigenvalue weighted by Gasteiger charge is -2.11. The standard InChI is InChI=1S/C31H24N2O5/c1-36-25-14-11-23(12-15-25)31(35)38-29-17-13-22-7-4-5-9-27(22)28(29)19-32-33-30(34)20-37-26-16-10-21-6-2-3-8-24(21)18-26/h2-19H,20H2,1H3,(H,33,34)/b32-19-. The Hall–Kier alpha value is -5.17. The Kier molecular flexibility index (Phi) is 7.27. The first kappa shape index (κ1) is 24.5. The minimum atomic E-state index is -0.523. The molecule has 7 heteroatoms. The molecule has 0 saturated carbocycles. The Bertz CT molecular complexity index is 1640. The van der Waals surface area contributed by atoms with Gasteiger partial charge in [0.1, 0.15) is 17.2 Å². The fraction of sp³-hybridized carbons (Fsp3) is 0.0645. The number of carbonyl (C=O) groups is 2. The lowest BCUT2D eigenvalue weighted by molar-refractivity contribution is -0.123. The summed E-state index contributed by atoms with van der Waals surface area (Å²) in [5, 5.41) is 7.97. The molecule has 0 saturated heterocycles. The highest BCUT2D eigenvalue weighted by Gasteiger charge is 2.14. The fourth-order valence-corrected chi connectivity index (χ4v) is 3.99. The predicted octanol–water partition coefficient (Wildman–Crippen LogP) is 5.75. The number of amides is 1. The molecule has 188 valence electrons. The molecule has 1 amide bonds. The van der Waals surface area contributed by atoms with Gasteiger partial charge in [-0.15, -0.1) is 0 Å². The molecule has 5 aromatic rings. The number of fused-ring (bicyclic) bond motifs is 2. The highest BCUT2D eigenvalue weighted by atomic mass is 16.5. The molecule has 5 rings (SSSR count). The molecule has 0 heterocycles. The van der Waals surface area contributed by atoms with E-state index in [4.69, 9.17) is 14.2 Å². The van der Waals surface area contributed by atoms with Crippen LogP contribution in [0.2, 0.25) is 0 Å². The van der Waals surface area contributed by atoms with Crippen LogP contribution in [-0.2, 0) is 4.79 Å². The van der Waals surface area contributed by atoms with E-state index in [9.17, 15) is 9.59 Å². The van der Waals surface area contributed by atoms with Gasteiger partial charge in [0, 0.05) is 5.56 Å². The maximum atomic E-state index is 12.8. The summed E-state index contributed by atoms with van der Waals surface area (Å²) < 4.78 is 16.5. The van der Waals surface area contributed by atoms with Crippen molar-refractivity contribution in [2.24, 2.45) is 5.10 Å². The summed E-state index contributed by atoms with van der Waals surface area (Å²) in [5.74, 6) is 0.594. The smallest absolute Gasteiger partial charge is 0.343 e. The summed E-state index contributed by atoms with van der Waals surface area (Å²) >= 11 is 0. The summed E-state index contributed by atoms with van der Waals surface area (Å²) in [4.78, 5) is 25.2. The van der Waals surface area contributed by atoms with Gasteiger partial charge >= 0.3 is 5.97 Å². The van der Waals surface area contributed by atoms with Crippen LogP contribution in [0, 0.1) is 0 Å². The van der Waals surface area contributed by atoms with Crippen molar-refractivity contribution in [2.75, 3.05) is 13.7 Å². The van der Waals surface area contributed by atoms with Crippen LogP contribution in [0.1, 0.15) is 15.9 Å². The van der Waals surface area contributed by atoms with Gasteiger partial charge < -0.3 is 14.2 Å². The second-order valence-corrected chi connectivity index (χ2v) is 8.41. The Balaban J connectivity index is 1.29. The average molecular weight is 505 g/mol. The van der Waals surface area contributed by atoms with Gasteiger partial charge in [0.25, 0.3) is 5.91 Å². The fourth-order valence-electron chi connectivity index (χ4n) is 3.99. The van der Waals surface area contributed by atoms with Crippen LogP contribution in [-0.4, -0.2) is 31.8 Å². The number of hydrogen-bond acceptors (Lipinski definition) is 6. The van der Waals surface area contributed by atoms with Crippen LogP contribution in [0.3, 0.4) is 0 Å². The van der Waals surface area contributed by atoms with Gasteiger partial charge in [-0.25, -0.2) is 10.2 Å². The monoisotopic (exact) mass is 504 g/mol. The van der Waals surface area contributed by atoms with E-state index in [1.807, 2.05) is 72.8 Å². The molecule has 0 fully saturated rings. The molecule has 0 radical (unpaired) electrons. The van der Waals surface area contributed by atoms with Crippen molar-refractivity contribution in [3.8, 4) is 17.2 Å². The highest BCUT2D eigenvalue weighted by molar-refractivity contribution is 6.04. The van der Waals surface area contributed by atoms with Gasteiger partial charge in [0.15, 0.2) is 6.61 Å². The molecule has 1 N–H and O–H groups in total. The van der Waals surface area contributed by atoms with E-state index in [-0.39, 0.29) is 6.61 Å². The van der Waals surface area contributed by atoms with E-state index >= 15 is 0 Å². The normalized spacial score (nSPS) is 11.0. The molecular weight excluding hydrogens is 480 g/mol. The molecule has 0 aliphatic carbocycles. The topological polar surface area (TPSA) is 86.2 Å². The molecule has 0 atom stereocenters. The molecule has 0 aromatic heterocycles. The van der Waals surface area contributed by atoms with Gasteiger partial charge in [0.05, 0.1) is 18.9 Å². The summed E-state index contributed by atoms with van der Waals surface area (Å²) in [6.45, 7) is -0.204. The van der Waals surface area contributed by atoms with E-state index in [1.54, 1.807) is 37.4 Å². The maximum absolute atomic E-state index is 12.8. The third-order valence-electron chi connectivity index (χ3n) is 5.93. The second-order valence-electron chi connectivity index (χ2n) is 8.41. The number of nitrogens with one attached hydrogen (secondary N) is 1. The van der Waals surface area contributed by atoms with E-state index in [1.165, 1.54) is 6.21 Å². The molecular formula is C31H24N2O5. The summed E-state index contributed by atoms with van der Waals surface area (Å²) in [6.07, 6.45) is 1.47. The number of nitrogens with zero attached hydrogens (tertiary/aromatic N) is 1. The van der Waals surface area contributed by atoms with Gasteiger partial charge in [-0.05, 0) is 64.0 Å². The van der Waals surface area contributed by atoms with Crippen LogP contribution in [0.25, 0.3) is 21.5 Å². The van der Waals surface area contributed by atoms with Gasteiger partial charge in [-0.1, -0.05) is 60.7 Å². The predicted molar refractivity (Wildman–Crippen MR) is 147 cm³/mol. The van der Waals surface area contributed by atoms with Crippen LogP contribution in [0.5, 0.6) is 17.2 Å². The zero-order chi connectivity index (χ0) is 26.3. The largest absolute Gasteiger partial charge is 0.497 e. The number of rotatable bonds is 8. The van der Waals surface area contributed by atoms with Crippen LogP contribution in [0.15, 0.2) is 108 Å². The Morgan fingerprint density at radius 2 is 1.47 bits per heavy atom. The number of esters is 1. The Labute approximate surface area is 219 Å². The summed E-state index contributed by atoms with van der Waals surface area (Å²) in [6, 6.07) is 31.4. The molecule has 0 spiro atoms. The first-order valence-corrected chi connectivity index (χ1v) is 11.9. The molecule has 0 aliphatic rings. The number of benzene rings is 5. The molecule has 38 heavy (non-hydrogen) atoms. The molecule has 0 aliphatic heterocycles. The molecule has 5 aromatic carbocycles. The van der Waals surface area contributed by atoms with Crippen LogP contribution < -0.4 is 19.6 Å². The van der Waals surface area contributed by atoms with E-state index in [0.717, 1.165) is 21.5 Å². The lowest BCUT2D eigenvalue weighted by atomic mass is 10.0. The molecule has 0 unspecified atom stereocenters. The number of hydrogen-bond donors (Lipinski definition) is 1. The molecule has 7 nitrogen and oxygen atoms in total. The number of carbonyl (C=O) groups excluding carboxylic acids is 2. The van der Waals surface area contributed by atoms with Crippen molar-refractivity contribution in [1.29, 1.82) is 0 Å². The van der Waals surface area contributed by atoms with Crippen LogP contribution >= 0.6 is 0 Å². The van der Waals surface area contributed by atoms with E-state index < -0.39 is 11.9 Å². The second kappa shape index (κ2) is 11.3. The van der Waals surface area contributed by atoms with Crippen molar-refractivity contribution in [3.05, 3.63) is 114 Å². The van der Waals surface area contributed by atoms with E-state index in [2.05, 4.69) is 10.5 Å². The number of ether oxygens (including phenoxy) is 3. The summed E-state index contributed by atoms with van der Waals surface area (Å²) in [7, 11) is 1.56. The summed E-state index contributed by atoms with van der Waals surface area (Å²) in [5.41, 5.74) is 3.41. The number of hydrazone groups is 1. The number of methoxy groups -OCH3 is 1. The third kappa shape index (κ3) is 5.63. The SMILES string of the molecule is COc1ccc(C(=O)Oc2ccc3ccccc3c2/C=N\NC(=O)COc2ccc3ccccc3c2)cc1. The van der Waals surface area contributed by atoms with Crippen LogP contribution in [0.4, 0.5) is 0 Å².